The lowest BCUT2D eigenvalue weighted by molar-refractivity contribution is -0.116. The maximum Gasteiger partial charge on any atom is 0.354 e. The number of anilines is 1. The highest BCUT2D eigenvalue weighted by Crippen LogP contribution is 2.18. The van der Waals surface area contributed by atoms with E-state index in [1.807, 2.05) is 25.1 Å². The van der Waals surface area contributed by atoms with Gasteiger partial charge < -0.3 is 14.6 Å². The van der Waals surface area contributed by atoms with E-state index < -0.39 is 21.9 Å². The summed E-state index contributed by atoms with van der Waals surface area (Å²) in [7, 11) is 0.125. The summed E-state index contributed by atoms with van der Waals surface area (Å²) in [6.07, 6.45) is 2.13. The van der Waals surface area contributed by atoms with Gasteiger partial charge in [0.15, 0.2) is 0 Å². The van der Waals surface area contributed by atoms with Gasteiger partial charge in [0.1, 0.15) is 10.6 Å². The van der Waals surface area contributed by atoms with Crippen molar-refractivity contribution in [3.05, 3.63) is 47.8 Å². The monoisotopic (exact) mass is 393 g/mol. The smallest absolute Gasteiger partial charge is 0.354 e. The Morgan fingerprint density at radius 3 is 2.59 bits per heavy atom. The van der Waals surface area contributed by atoms with Gasteiger partial charge in [-0.3, -0.25) is 4.79 Å². The summed E-state index contributed by atoms with van der Waals surface area (Å²) in [6, 6.07) is 8.58. The SMILES string of the molecule is CCc1cccc(NC(=O)CN(C)S(=O)(=O)c2cc(C(=O)OC)n(C)c2)c1. The number of sulfonamides is 1. The lowest BCUT2D eigenvalue weighted by Gasteiger charge is -2.16. The van der Waals surface area contributed by atoms with Gasteiger partial charge in [0, 0.05) is 26.0 Å². The molecule has 146 valence electrons. The first-order valence-corrected chi connectivity index (χ1v) is 9.72. The van der Waals surface area contributed by atoms with E-state index in [9.17, 15) is 18.0 Å². The molecule has 9 heteroatoms. The summed E-state index contributed by atoms with van der Waals surface area (Å²) in [6.45, 7) is 1.64. The molecule has 0 saturated carbocycles. The van der Waals surface area contributed by atoms with Crippen molar-refractivity contribution in [3.63, 3.8) is 0 Å². The third-order valence-corrected chi connectivity index (χ3v) is 5.84. The molecule has 1 heterocycles. The topological polar surface area (TPSA) is 97.7 Å². The third-order valence-electron chi connectivity index (χ3n) is 4.07. The van der Waals surface area contributed by atoms with Gasteiger partial charge in [0.2, 0.25) is 15.9 Å². The van der Waals surface area contributed by atoms with Gasteiger partial charge in [-0.05, 0) is 30.2 Å². The molecule has 27 heavy (non-hydrogen) atoms. The van der Waals surface area contributed by atoms with Crippen LogP contribution >= 0.6 is 0 Å². The molecular weight excluding hydrogens is 370 g/mol. The normalized spacial score (nSPS) is 11.4. The van der Waals surface area contributed by atoms with Crippen LogP contribution in [0.5, 0.6) is 0 Å². The van der Waals surface area contributed by atoms with Gasteiger partial charge in [-0.2, -0.15) is 4.31 Å². The van der Waals surface area contributed by atoms with Crippen molar-refractivity contribution in [1.29, 1.82) is 0 Å². The number of esters is 1. The Labute approximate surface area is 158 Å². The number of carbonyl (C=O) groups is 2. The molecule has 0 atom stereocenters. The van der Waals surface area contributed by atoms with Crippen LogP contribution in [-0.2, 0) is 33.0 Å². The molecule has 0 aliphatic heterocycles. The number of carbonyl (C=O) groups excluding carboxylic acids is 2. The van der Waals surface area contributed by atoms with E-state index in [4.69, 9.17) is 0 Å². The lowest BCUT2D eigenvalue weighted by Crippen LogP contribution is -2.34. The molecule has 0 radical (unpaired) electrons. The Morgan fingerprint density at radius 1 is 1.26 bits per heavy atom. The minimum atomic E-state index is -3.94. The highest BCUT2D eigenvalue weighted by atomic mass is 32.2. The van der Waals surface area contributed by atoms with Gasteiger partial charge in [-0.15, -0.1) is 0 Å². The maximum absolute atomic E-state index is 12.7. The molecule has 1 amide bonds. The number of benzene rings is 1. The van der Waals surface area contributed by atoms with Gasteiger partial charge in [-0.1, -0.05) is 19.1 Å². The summed E-state index contributed by atoms with van der Waals surface area (Å²) in [5.41, 5.74) is 1.77. The summed E-state index contributed by atoms with van der Waals surface area (Å²) in [4.78, 5) is 23.8. The molecule has 2 rings (SSSR count). The standard InChI is InChI=1S/C18H23N3O5S/c1-5-13-7-6-8-14(9-13)19-17(22)12-21(3)27(24,25)15-10-16(18(23)26-4)20(2)11-15/h6-11H,5,12H2,1-4H3,(H,19,22). The fourth-order valence-corrected chi connectivity index (χ4v) is 3.72. The first-order valence-electron chi connectivity index (χ1n) is 8.28. The predicted molar refractivity (Wildman–Crippen MR) is 101 cm³/mol. The van der Waals surface area contributed by atoms with Crippen LogP contribution in [0.3, 0.4) is 0 Å². The van der Waals surface area contributed by atoms with Gasteiger partial charge in [-0.25, -0.2) is 13.2 Å². The van der Waals surface area contributed by atoms with Crippen molar-refractivity contribution in [2.24, 2.45) is 7.05 Å². The second-order valence-corrected chi connectivity index (χ2v) is 8.07. The molecule has 2 aromatic rings. The second-order valence-electron chi connectivity index (χ2n) is 6.03. The number of amides is 1. The zero-order chi connectivity index (χ0) is 20.2. The quantitative estimate of drug-likeness (QED) is 0.721. The van der Waals surface area contributed by atoms with E-state index in [2.05, 4.69) is 10.1 Å². The van der Waals surface area contributed by atoms with Crippen molar-refractivity contribution in [3.8, 4) is 0 Å². The van der Waals surface area contributed by atoms with E-state index in [0.29, 0.717) is 5.69 Å². The third kappa shape index (κ3) is 4.75. The number of hydrogen-bond acceptors (Lipinski definition) is 5. The molecule has 0 bridgehead atoms. The number of hydrogen-bond donors (Lipinski definition) is 1. The van der Waals surface area contributed by atoms with Crippen molar-refractivity contribution < 1.29 is 22.7 Å². The van der Waals surface area contributed by atoms with Crippen LogP contribution in [0.25, 0.3) is 0 Å². The molecule has 8 nitrogen and oxygen atoms in total. The van der Waals surface area contributed by atoms with E-state index in [-0.39, 0.29) is 17.1 Å². The second kappa shape index (κ2) is 8.36. The van der Waals surface area contributed by atoms with E-state index >= 15 is 0 Å². The number of ether oxygens (including phenoxy) is 1. The fraction of sp³-hybridized carbons (Fsp3) is 0.333. The minimum absolute atomic E-state index is 0.0892. The number of rotatable bonds is 7. The lowest BCUT2D eigenvalue weighted by atomic mass is 10.1. The van der Waals surface area contributed by atoms with Crippen LogP contribution in [0.15, 0.2) is 41.4 Å². The van der Waals surface area contributed by atoms with E-state index in [0.717, 1.165) is 16.3 Å². The van der Waals surface area contributed by atoms with Gasteiger partial charge in [0.25, 0.3) is 0 Å². The Balaban J connectivity index is 2.12. The van der Waals surface area contributed by atoms with Crippen LogP contribution in [-0.4, -0.2) is 49.9 Å². The maximum atomic E-state index is 12.7. The molecular formula is C18H23N3O5S. The van der Waals surface area contributed by atoms with Crippen LogP contribution < -0.4 is 5.32 Å². The number of aryl methyl sites for hydroxylation is 2. The van der Waals surface area contributed by atoms with Crippen LogP contribution in [0.1, 0.15) is 23.0 Å². The van der Waals surface area contributed by atoms with Gasteiger partial charge in [0.05, 0.1) is 13.7 Å². The van der Waals surface area contributed by atoms with E-state index in [1.165, 1.54) is 31.0 Å². The summed E-state index contributed by atoms with van der Waals surface area (Å²) in [5, 5.41) is 2.69. The zero-order valence-corrected chi connectivity index (χ0v) is 16.5. The van der Waals surface area contributed by atoms with Crippen molar-refractivity contribution in [2.45, 2.75) is 18.2 Å². The van der Waals surface area contributed by atoms with Crippen molar-refractivity contribution in [2.75, 3.05) is 26.0 Å². The molecule has 1 aromatic heterocycles. The summed E-state index contributed by atoms with van der Waals surface area (Å²) in [5.74, 6) is -1.10. The van der Waals surface area contributed by atoms with Crippen LogP contribution in [0.4, 0.5) is 5.69 Å². The van der Waals surface area contributed by atoms with Gasteiger partial charge >= 0.3 is 5.97 Å². The Morgan fingerprint density at radius 2 is 1.96 bits per heavy atom. The molecule has 1 aromatic carbocycles. The van der Waals surface area contributed by atoms with Crippen LogP contribution in [0.2, 0.25) is 0 Å². The number of aromatic nitrogens is 1. The molecule has 0 aliphatic rings. The highest BCUT2D eigenvalue weighted by Gasteiger charge is 2.26. The Hall–Kier alpha value is -2.65. The summed E-state index contributed by atoms with van der Waals surface area (Å²) >= 11 is 0. The largest absolute Gasteiger partial charge is 0.464 e. The average molecular weight is 393 g/mol. The van der Waals surface area contributed by atoms with Crippen LogP contribution in [0, 0.1) is 0 Å². The first kappa shape index (κ1) is 20.7. The molecule has 0 fully saturated rings. The van der Waals surface area contributed by atoms with Crippen molar-refractivity contribution in [1.82, 2.24) is 8.87 Å². The Bertz CT molecular complexity index is 950. The fourth-order valence-electron chi connectivity index (χ4n) is 2.52. The number of nitrogens with zero attached hydrogens (tertiary/aromatic N) is 2. The summed E-state index contributed by atoms with van der Waals surface area (Å²) < 4.78 is 32.3. The molecule has 0 aliphatic carbocycles. The molecule has 0 unspecified atom stereocenters. The number of likely N-dealkylation sites (N-methyl/N-ethyl adjacent to an activating group) is 1. The predicted octanol–water partition coefficient (Wildman–Crippen LogP) is 1.63. The zero-order valence-electron chi connectivity index (χ0n) is 15.7. The first-order chi connectivity index (χ1) is 12.7. The molecule has 1 N–H and O–H groups in total. The Kier molecular flexibility index (Phi) is 6.40. The number of methoxy groups -OCH3 is 1. The molecule has 0 saturated heterocycles. The van der Waals surface area contributed by atoms with Crippen molar-refractivity contribution >= 4 is 27.6 Å². The minimum Gasteiger partial charge on any atom is -0.464 e. The molecule has 0 spiro atoms. The van der Waals surface area contributed by atoms with E-state index in [1.54, 1.807) is 13.1 Å². The number of nitrogens with one attached hydrogen (secondary N) is 1. The average Bonchev–Trinajstić information content (AvgIpc) is 3.03. The highest BCUT2D eigenvalue weighted by molar-refractivity contribution is 7.89.